The van der Waals surface area contributed by atoms with Crippen molar-refractivity contribution in [3.63, 3.8) is 0 Å². The summed E-state index contributed by atoms with van der Waals surface area (Å²) in [5, 5.41) is 10.7. The fourth-order valence-corrected chi connectivity index (χ4v) is 4.75. The third kappa shape index (κ3) is 1.62. The molecule has 0 radical (unpaired) electrons. The number of carbonyl (C=O) groups is 1. The Balaban J connectivity index is 2.03. The van der Waals surface area contributed by atoms with Crippen molar-refractivity contribution in [1.29, 1.82) is 0 Å². The number of phenols is 1. The van der Waals surface area contributed by atoms with Gasteiger partial charge in [-0.2, -0.15) is 0 Å². The molecule has 1 unspecified atom stereocenters. The van der Waals surface area contributed by atoms with Crippen molar-refractivity contribution < 1.29 is 14.6 Å². The van der Waals surface area contributed by atoms with E-state index in [9.17, 15) is 9.90 Å². The van der Waals surface area contributed by atoms with Gasteiger partial charge in [0, 0.05) is 41.0 Å². The fraction of sp³-hybridized carbons (Fsp3) is 0.438. The van der Waals surface area contributed by atoms with Gasteiger partial charge < -0.3 is 9.84 Å². The molecule has 4 nitrogen and oxygen atoms in total. The Bertz CT molecular complexity index is 685. The highest BCUT2D eigenvalue weighted by Crippen LogP contribution is 2.56. The van der Waals surface area contributed by atoms with Crippen molar-refractivity contribution in [3.05, 3.63) is 33.8 Å². The summed E-state index contributed by atoms with van der Waals surface area (Å²) < 4.78 is 6.27. The highest BCUT2D eigenvalue weighted by molar-refractivity contribution is 9.10. The number of hydrogen-bond donors (Lipinski definition) is 1. The van der Waals surface area contributed by atoms with Gasteiger partial charge in [-0.1, -0.05) is 22.0 Å². The Kier molecular flexibility index (Phi) is 2.75. The molecule has 0 saturated carbocycles. The molecule has 3 atom stereocenters. The predicted octanol–water partition coefficient (Wildman–Crippen LogP) is 2.52. The largest absolute Gasteiger partial charge is 0.504 e. The van der Waals surface area contributed by atoms with E-state index in [-0.39, 0.29) is 23.0 Å². The number of ether oxygens (including phenoxy) is 1. The van der Waals surface area contributed by atoms with Crippen LogP contribution in [0, 0.1) is 0 Å². The molecule has 110 valence electrons. The van der Waals surface area contributed by atoms with Gasteiger partial charge in [-0.15, -0.1) is 0 Å². The first kappa shape index (κ1) is 13.3. The molecule has 4 rings (SSSR count). The summed E-state index contributed by atoms with van der Waals surface area (Å²) in [6, 6.07) is 1.98. The van der Waals surface area contributed by atoms with Crippen LogP contribution in [0.4, 0.5) is 0 Å². The van der Waals surface area contributed by atoms with Crippen LogP contribution in [-0.2, 0) is 16.8 Å². The lowest BCUT2D eigenvalue weighted by Crippen LogP contribution is -2.48. The van der Waals surface area contributed by atoms with Crippen LogP contribution in [0.3, 0.4) is 0 Å². The molecule has 2 heterocycles. The number of methoxy groups -OCH3 is 1. The first-order valence-electron chi connectivity index (χ1n) is 7.12. The summed E-state index contributed by atoms with van der Waals surface area (Å²) in [6.45, 7) is 1.71. The monoisotopic (exact) mass is 349 g/mol. The van der Waals surface area contributed by atoms with Gasteiger partial charge in [-0.25, -0.2) is 0 Å². The normalized spacial score (nSPS) is 32.8. The molecule has 21 heavy (non-hydrogen) atoms. The average Bonchev–Trinajstić information content (AvgIpc) is 2.72. The zero-order valence-electron chi connectivity index (χ0n) is 11.7. The standard InChI is InChI=1S/C16H16BrNO3/c1-21-12-7-11(17)10-8-18-5-4-16(14(10)15(12)20)3-2-9(19)6-13(16)18/h2-3,7,13,20H,4-6,8H2,1H3/t13-,16-/m1/s1. The van der Waals surface area contributed by atoms with Gasteiger partial charge in [-0.3, -0.25) is 9.69 Å². The zero-order valence-corrected chi connectivity index (χ0v) is 13.3. The maximum Gasteiger partial charge on any atom is 0.162 e. The Morgan fingerprint density at radius 2 is 2.33 bits per heavy atom. The zero-order chi connectivity index (χ0) is 14.8. The van der Waals surface area contributed by atoms with E-state index >= 15 is 0 Å². The molecule has 2 bridgehead atoms. The van der Waals surface area contributed by atoms with Crippen LogP contribution < -0.4 is 4.74 Å². The van der Waals surface area contributed by atoms with Crippen molar-refractivity contribution >= 4 is 21.7 Å². The van der Waals surface area contributed by atoms with Crippen LogP contribution in [0.25, 0.3) is 0 Å². The number of carbonyl (C=O) groups excluding carboxylic acids is 1. The lowest BCUT2D eigenvalue weighted by molar-refractivity contribution is -0.116. The van der Waals surface area contributed by atoms with Crippen molar-refractivity contribution in [2.45, 2.75) is 30.8 Å². The summed E-state index contributed by atoms with van der Waals surface area (Å²) in [4.78, 5) is 14.2. The number of hydrogen-bond acceptors (Lipinski definition) is 4. The minimum atomic E-state index is -0.261. The van der Waals surface area contributed by atoms with E-state index in [1.165, 1.54) is 0 Å². The summed E-state index contributed by atoms with van der Waals surface area (Å²) in [5.41, 5.74) is 1.79. The maximum atomic E-state index is 11.8. The lowest BCUT2D eigenvalue weighted by Gasteiger charge is -2.44. The number of fused-ring (bicyclic) bond motifs is 1. The van der Waals surface area contributed by atoms with Gasteiger partial charge in [0.15, 0.2) is 17.3 Å². The lowest BCUT2D eigenvalue weighted by atomic mass is 9.66. The Morgan fingerprint density at radius 1 is 1.52 bits per heavy atom. The molecule has 1 saturated heterocycles. The molecule has 1 fully saturated rings. The number of phenolic OH excluding ortho intramolecular Hbond substituents is 1. The smallest absolute Gasteiger partial charge is 0.162 e. The van der Waals surface area contributed by atoms with E-state index in [0.29, 0.717) is 12.2 Å². The number of rotatable bonds is 1. The van der Waals surface area contributed by atoms with Gasteiger partial charge in [0.1, 0.15) is 0 Å². The van der Waals surface area contributed by atoms with Crippen molar-refractivity contribution in [3.8, 4) is 11.5 Å². The van der Waals surface area contributed by atoms with E-state index in [1.807, 2.05) is 12.1 Å². The molecule has 1 aromatic carbocycles. The number of aromatic hydroxyl groups is 1. The summed E-state index contributed by atoms with van der Waals surface area (Å²) in [5.74, 6) is 0.882. The fourth-order valence-electron chi connectivity index (χ4n) is 4.22. The SMILES string of the molecule is COc1cc(Br)c2c(c1O)[C@@]13C=CC(=O)C[C@H]1N(CC3)C2. The van der Waals surface area contributed by atoms with Crippen LogP contribution in [-0.4, -0.2) is 35.5 Å². The summed E-state index contributed by atoms with van der Waals surface area (Å²) >= 11 is 3.61. The molecule has 1 aromatic rings. The predicted molar refractivity (Wildman–Crippen MR) is 81.6 cm³/mol. The average molecular weight is 350 g/mol. The molecule has 0 amide bonds. The molecule has 1 aliphatic carbocycles. The van der Waals surface area contributed by atoms with Crippen LogP contribution >= 0.6 is 15.9 Å². The molecule has 3 aliphatic rings. The number of allylic oxidation sites excluding steroid dienone is 1. The van der Waals surface area contributed by atoms with E-state index in [4.69, 9.17) is 4.74 Å². The first-order valence-corrected chi connectivity index (χ1v) is 7.91. The van der Waals surface area contributed by atoms with E-state index in [0.717, 1.165) is 35.1 Å². The highest BCUT2D eigenvalue weighted by atomic mass is 79.9. The van der Waals surface area contributed by atoms with Crippen LogP contribution in [0.15, 0.2) is 22.7 Å². The van der Waals surface area contributed by atoms with Gasteiger partial charge in [0.05, 0.1) is 7.11 Å². The Morgan fingerprint density at radius 3 is 3.10 bits per heavy atom. The second-order valence-corrected chi connectivity index (χ2v) is 6.90. The molecule has 0 aromatic heterocycles. The molecular formula is C16H16BrNO3. The van der Waals surface area contributed by atoms with E-state index in [1.54, 1.807) is 13.2 Å². The summed E-state index contributed by atoms with van der Waals surface area (Å²) in [6.07, 6.45) is 5.15. The van der Waals surface area contributed by atoms with Crippen molar-refractivity contribution in [2.24, 2.45) is 0 Å². The van der Waals surface area contributed by atoms with Gasteiger partial charge in [-0.05, 0) is 24.1 Å². The highest BCUT2D eigenvalue weighted by Gasteiger charge is 2.54. The van der Waals surface area contributed by atoms with Crippen molar-refractivity contribution in [2.75, 3.05) is 13.7 Å². The van der Waals surface area contributed by atoms with Crippen LogP contribution in [0.1, 0.15) is 24.0 Å². The Hall–Kier alpha value is -1.33. The third-order valence-electron chi connectivity index (χ3n) is 5.17. The third-order valence-corrected chi connectivity index (χ3v) is 5.88. The summed E-state index contributed by atoms with van der Waals surface area (Å²) in [7, 11) is 1.56. The topological polar surface area (TPSA) is 49.8 Å². The molecule has 5 heteroatoms. The van der Waals surface area contributed by atoms with Crippen LogP contribution in [0.5, 0.6) is 11.5 Å². The van der Waals surface area contributed by atoms with Gasteiger partial charge in [0.2, 0.25) is 0 Å². The minimum Gasteiger partial charge on any atom is -0.504 e. The second-order valence-electron chi connectivity index (χ2n) is 6.04. The Labute approximate surface area is 131 Å². The van der Waals surface area contributed by atoms with E-state index < -0.39 is 0 Å². The van der Waals surface area contributed by atoms with Gasteiger partial charge >= 0.3 is 0 Å². The number of nitrogens with zero attached hydrogens (tertiary/aromatic N) is 1. The maximum absolute atomic E-state index is 11.8. The minimum absolute atomic E-state index is 0.160. The van der Waals surface area contributed by atoms with Gasteiger partial charge in [0.25, 0.3) is 0 Å². The van der Waals surface area contributed by atoms with Crippen molar-refractivity contribution in [1.82, 2.24) is 4.90 Å². The first-order chi connectivity index (χ1) is 10.1. The molecule has 0 spiro atoms. The second kappa shape index (κ2) is 4.34. The molecule has 1 N–H and O–H groups in total. The quantitative estimate of drug-likeness (QED) is 0.846. The number of ketones is 1. The van der Waals surface area contributed by atoms with Crippen LogP contribution in [0.2, 0.25) is 0 Å². The number of benzene rings is 1. The molecule has 2 aliphatic heterocycles. The number of halogens is 1. The molecular weight excluding hydrogens is 334 g/mol. The van der Waals surface area contributed by atoms with E-state index in [2.05, 4.69) is 20.8 Å².